The van der Waals surface area contributed by atoms with Crippen LogP contribution in [0.15, 0.2) is 60.7 Å². The van der Waals surface area contributed by atoms with Crippen molar-refractivity contribution in [3.05, 3.63) is 71.8 Å². The number of aliphatic hydroxyl groups is 2. The third kappa shape index (κ3) is 18.3. The summed E-state index contributed by atoms with van der Waals surface area (Å²) in [5.41, 5.74) is 1.01. The lowest BCUT2D eigenvalue weighted by Crippen LogP contribution is -2.59. The van der Waals surface area contributed by atoms with E-state index in [1.807, 2.05) is 13.8 Å². The minimum Gasteiger partial charge on any atom is -0.396 e. The van der Waals surface area contributed by atoms with Gasteiger partial charge in [0.15, 0.2) is 0 Å². The minimum atomic E-state index is -1.12. The van der Waals surface area contributed by atoms with Crippen molar-refractivity contribution in [1.82, 2.24) is 63.0 Å². The van der Waals surface area contributed by atoms with Gasteiger partial charge in [-0.15, -0.1) is 0 Å². The number of nitrogens with one attached hydrogen (secondary N) is 10. The molecule has 0 aromatic heterocycles. The van der Waals surface area contributed by atoms with Crippen LogP contribution in [0, 0.1) is 35.5 Å². The Kier molecular flexibility index (Phi) is 26.8. The standard InChI is InChI=1S/C62H86N12O12/c1-5-45(63-3)55(79)71-53-41(37-75)25-27-43-29-31-47(73(43)61(53)85)57(81)69-51(39-19-13-11-14-20-39)59(83)67-35-33-65-49(77)23-17-9-7-8-10-18-24-50(78)66-34-36-68-60(84)52(40-21-15-12-16-22-40)70-58(82)48-32-30-44-28-26-42(38-76)54(62(86)74(44)48)72-56(80)46(6-2)64-4/h11-16,19-22,41-48,51-54,63-64,75-76H,5-6,17-18,23-38H2,1-4H3,(H,65,77)(H,66,78)(H,67,83)(H,68,84)(H,69,81)(H,70,82)(H,71,79)(H,72,80)/t41-,42-,43+,44+,45+,46+,47+,48+,51+,52+,53+,54+/m1/s1. The van der Waals surface area contributed by atoms with Crippen molar-refractivity contribution in [2.45, 2.75) is 164 Å². The van der Waals surface area contributed by atoms with E-state index < -0.39 is 95.6 Å². The Labute approximate surface area is 503 Å². The van der Waals surface area contributed by atoms with E-state index in [4.69, 9.17) is 0 Å². The Morgan fingerprint density at radius 1 is 0.512 bits per heavy atom. The monoisotopic (exact) mass is 1190 g/mol. The quantitative estimate of drug-likeness (QED) is 0.0368. The molecule has 4 aliphatic rings. The predicted octanol–water partition coefficient (Wildman–Crippen LogP) is -0.777. The molecule has 0 saturated carbocycles. The second kappa shape index (κ2) is 34.3. The Hall–Kier alpha value is -7.90. The van der Waals surface area contributed by atoms with E-state index in [0.717, 1.165) is 0 Å². The summed E-state index contributed by atoms with van der Waals surface area (Å²) in [5.74, 6) is 5.56. The first-order valence-corrected chi connectivity index (χ1v) is 30.2. The normalized spacial score (nSPS) is 22.8. The maximum Gasteiger partial charge on any atom is 0.247 e. The number of carbonyl (C=O) groups is 10. The molecule has 2 aromatic rings. The summed E-state index contributed by atoms with van der Waals surface area (Å²) in [5, 5.41) is 48.7. The average Bonchev–Trinajstić information content (AvgIpc) is 1.93. The van der Waals surface area contributed by atoms with Crippen molar-refractivity contribution < 1.29 is 58.2 Å². The molecule has 0 aliphatic carbocycles. The number of benzene rings is 2. The maximum atomic E-state index is 14.1. The van der Waals surface area contributed by atoms with Gasteiger partial charge < -0.3 is 73.2 Å². The lowest BCUT2D eigenvalue weighted by molar-refractivity contribution is -0.144. The first-order chi connectivity index (χ1) is 41.6. The number of likely N-dealkylation sites (N-methyl/N-ethyl adjacent to an activating group) is 2. The lowest BCUT2D eigenvalue weighted by Gasteiger charge is -2.33. The van der Waals surface area contributed by atoms with Crippen LogP contribution in [-0.2, 0) is 47.9 Å². The van der Waals surface area contributed by atoms with Gasteiger partial charge in [-0.05, 0) is 101 Å². The number of rotatable bonds is 28. The van der Waals surface area contributed by atoms with Gasteiger partial charge in [-0.2, -0.15) is 0 Å². The lowest BCUT2D eigenvalue weighted by atomic mass is 9.93. The fourth-order valence-corrected chi connectivity index (χ4v) is 11.8. The van der Waals surface area contributed by atoms with Gasteiger partial charge in [0.2, 0.25) is 59.1 Å². The number of carbonyl (C=O) groups excluding carboxylic acids is 10. The summed E-state index contributed by atoms with van der Waals surface area (Å²) in [6.07, 6.45) is 5.34. The fraction of sp³-hybridized carbons (Fsp3) is 0.581. The summed E-state index contributed by atoms with van der Waals surface area (Å²) in [7, 11) is 3.30. The van der Waals surface area contributed by atoms with E-state index in [1.165, 1.54) is 9.80 Å². The molecule has 2 aromatic carbocycles. The van der Waals surface area contributed by atoms with Gasteiger partial charge >= 0.3 is 0 Å². The second-order valence-electron chi connectivity index (χ2n) is 22.1. The molecule has 24 heteroatoms. The van der Waals surface area contributed by atoms with E-state index in [1.54, 1.807) is 74.8 Å². The molecule has 12 N–H and O–H groups in total. The molecule has 0 radical (unpaired) electrons. The van der Waals surface area contributed by atoms with Gasteiger partial charge in [-0.25, -0.2) is 0 Å². The molecule has 10 amide bonds. The molecular weight excluding hydrogens is 1100 g/mol. The number of amides is 10. The van der Waals surface area contributed by atoms with E-state index >= 15 is 0 Å². The van der Waals surface area contributed by atoms with E-state index in [2.05, 4.69) is 76.8 Å². The number of fused-ring (bicyclic) bond motifs is 2. The fourth-order valence-electron chi connectivity index (χ4n) is 11.8. The summed E-state index contributed by atoms with van der Waals surface area (Å²) >= 11 is 0. The molecule has 4 saturated heterocycles. The maximum absolute atomic E-state index is 14.1. The smallest absolute Gasteiger partial charge is 0.247 e. The molecule has 466 valence electrons. The van der Waals surface area contributed by atoms with Crippen molar-refractivity contribution >= 4 is 59.1 Å². The van der Waals surface area contributed by atoms with Gasteiger partial charge in [0.25, 0.3) is 0 Å². The van der Waals surface area contributed by atoms with Crippen LogP contribution in [0.3, 0.4) is 0 Å². The number of aliphatic hydroxyl groups excluding tert-OH is 2. The Morgan fingerprint density at radius 3 is 1.22 bits per heavy atom. The van der Waals surface area contributed by atoms with Crippen LogP contribution in [0.5, 0.6) is 0 Å². The van der Waals surface area contributed by atoms with Crippen molar-refractivity contribution in [2.75, 3.05) is 53.5 Å². The van der Waals surface area contributed by atoms with Crippen LogP contribution in [0.1, 0.15) is 127 Å². The van der Waals surface area contributed by atoms with Gasteiger partial charge in [-0.3, -0.25) is 47.9 Å². The zero-order valence-corrected chi connectivity index (χ0v) is 49.7. The van der Waals surface area contributed by atoms with Crippen molar-refractivity contribution in [2.24, 2.45) is 11.8 Å². The molecule has 0 unspecified atom stereocenters. The topological polar surface area (TPSA) is 338 Å². The average molecular weight is 1190 g/mol. The van der Waals surface area contributed by atoms with Crippen LogP contribution in [0.2, 0.25) is 0 Å². The third-order valence-electron chi connectivity index (χ3n) is 16.6. The van der Waals surface area contributed by atoms with Gasteiger partial charge in [0, 0.05) is 89.0 Å². The zero-order chi connectivity index (χ0) is 62.1. The van der Waals surface area contributed by atoms with Crippen LogP contribution in [-0.4, -0.2) is 181 Å². The number of hydrogen-bond donors (Lipinski definition) is 12. The molecule has 0 bridgehead atoms. The van der Waals surface area contributed by atoms with Gasteiger partial charge in [-0.1, -0.05) is 86.4 Å². The molecule has 0 spiro atoms. The molecule has 86 heavy (non-hydrogen) atoms. The molecule has 12 atom stereocenters. The van der Waals surface area contributed by atoms with Crippen LogP contribution >= 0.6 is 0 Å². The minimum absolute atomic E-state index is 0.0469. The summed E-state index contributed by atoms with van der Waals surface area (Å²) < 4.78 is 0. The summed E-state index contributed by atoms with van der Waals surface area (Å²) in [6.45, 7) is 3.33. The Morgan fingerprint density at radius 2 is 0.872 bits per heavy atom. The van der Waals surface area contributed by atoms with Crippen molar-refractivity contribution in [1.29, 1.82) is 0 Å². The SMILES string of the molecule is CC[C@H](NC)C(=O)N[C@@H]1C(=O)N2[C@@H](CC[C@@H]1CO)CC[C@H]2C(=O)N[C@H](C(=O)NCCNC(=O)CCC#CC#CCCC(=O)NCCNC(=O)[C@@H](NC(=O)[C@@H]1CC[C@@H]2CC[C@H](CO)[C@H](NC(=O)[C@H](CC)NC)C(=O)N21)c1ccccc1)c1ccccc1. The van der Waals surface area contributed by atoms with Gasteiger partial charge in [0.1, 0.15) is 36.3 Å². The predicted molar refractivity (Wildman–Crippen MR) is 318 cm³/mol. The summed E-state index contributed by atoms with van der Waals surface area (Å²) in [4.78, 5) is 138. The highest BCUT2D eigenvalue weighted by atomic mass is 16.3. The van der Waals surface area contributed by atoms with Gasteiger partial charge in [0.05, 0.1) is 12.1 Å². The van der Waals surface area contributed by atoms with Crippen LogP contribution in [0.4, 0.5) is 0 Å². The number of nitrogens with zero attached hydrogens (tertiary/aromatic N) is 2. The molecular formula is C62H86N12O12. The molecule has 24 nitrogen and oxygen atoms in total. The largest absolute Gasteiger partial charge is 0.396 e. The highest BCUT2D eigenvalue weighted by Gasteiger charge is 2.50. The molecule has 4 fully saturated rings. The second-order valence-corrected chi connectivity index (χ2v) is 22.1. The van der Waals surface area contributed by atoms with Crippen molar-refractivity contribution in [3.63, 3.8) is 0 Å². The third-order valence-corrected chi connectivity index (χ3v) is 16.6. The van der Waals surface area contributed by atoms with E-state index in [-0.39, 0.29) is 101 Å². The highest BCUT2D eigenvalue weighted by molar-refractivity contribution is 5.97. The zero-order valence-electron chi connectivity index (χ0n) is 49.7. The molecule has 4 aliphatic heterocycles. The van der Waals surface area contributed by atoms with Crippen LogP contribution in [0.25, 0.3) is 0 Å². The highest BCUT2D eigenvalue weighted by Crippen LogP contribution is 2.36. The van der Waals surface area contributed by atoms with E-state index in [0.29, 0.717) is 75.3 Å². The van der Waals surface area contributed by atoms with Crippen molar-refractivity contribution in [3.8, 4) is 23.7 Å². The summed E-state index contributed by atoms with van der Waals surface area (Å²) in [6, 6.07) is 9.56. The molecule has 6 rings (SSSR count). The first kappa shape index (κ1) is 67.2. The van der Waals surface area contributed by atoms with E-state index in [9.17, 15) is 58.2 Å². The molecule has 4 heterocycles. The number of hydrogen-bond acceptors (Lipinski definition) is 14. The Balaban J connectivity index is 0.891. The Bertz CT molecular complexity index is 2610. The van der Waals surface area contributed by atoms with Crippen LogP contribution < -0.4 is 53.2 Å². The first-order valence-electron chi connectivity index (χ1n) is 30.2.